The van der Waals surface area contributed by atoms with Crippen LogP contribution in [-0.4, -0.2) is 33.9 Å². The van der Waals surface area contributed by atoms with Gasteiger partial charge in [0.1, 0.15) is 0 Å². The SMILES string of the molecule is COc1cc(C2C3=C(CCCC3=O)Nc3cc4c(cc32)OCO4)cc(OC)c1OC. The molecule has 0 saturated carbocycles. The molecule has 2 aromatic rings. The van der Waals surface area contributed by atoms with E-state index < -0.39 is 0 Å². The molecular weight excluding hydrogens is 386 g/mol. The van der Waals surface area contributed by atoms with Gasteiger partial charge in [-0.3, -0.25) is 4.79 Å². The van der Waals surface area contributed by atoms with Crippen LogP contribution >= 0.6 is 0 Å². The summed E-state index contributed by atoms with van der Waals surface area (Å²) in [5, 5.41) is 3.47. The van der Waals surface area contributed by atoms with E-state index in [0.717, 1.165) is 40.9 Å². The Morgan fingerprint density at radius 2 is 1.63 bits per heavy atom. The van der Waals surface area contributed by atoms with Crippen molar-refractivity contribution in [2.24, 2.45) is 0 Å². The molecule has 1 unspecified atom stereocenters. The molecule has 7 nitrogen and oxygen atoms in total. The molecule has 2 aliphatic heterocycles. The van der Waals surface area contributed by atoms with Gasteiger partial charge >= 0.3 is 0 Å². The molecule has 1 N–H and O–H groups in total. The first kappa shape index (κ1) is 18.7. The lowest BCUT2D eigenvalue weighted by Crippen LogP contribution is -2.27. The number of ether oxygens (including phenoxy) is 5. The number of hydrogen-bond donors (Lipinski definition) is 1. The van der Waals surface area contributed by atoms with E-state index in [2.05, 4.69) is 5.32 Å². The number of benzene rings is 2. The van der Waals surface area contributed by atoms with Crippen LogP contribution in [0.2, 0.25) is 0 Å². The van der Waals surface area contributed by atoms with Crippen molar-refractivity contribution in [1.29, 1.82) is 0 Å². The highest BCUT2D eigenvalue weighted by atomic mass is 16.7. The van der Waals surface area contributed by atoms with Gasteiger partial charge in [-0.15, -0.1) is 0 Å². The third-order valence-corrected chi connectivity index (χ3v) is 5.91. The maximum Gasteiger partial charge on any atom is 0.231 e. The topological polar surface area (TPSA) is 75.3 Å². The van der Waals surface area contributed by atoms with Crippen molar-refractivity contribution < 1.29 is 28.5 Å². The van der Waals surface area contributed by atoms with E-state index in [1.165, 1.54) is 0 Å². The maximum atomic E-state index is 13.0. The number of carbonyl (C=O) groups is 1. The lowest BCUT2D eigenvalue weighted by Gasteiger charge is -2.34. The van der Waals surface area contributed by atoms with E-state index in [1.54, 1.807) is 21.3 Å². The van der Waals surface area contributed by atoms with Gasteiger partial charge in [0.05, 0.1) is 21.3 Å². The third-order valence-electron chi connectivity index (χ3n) is 5.91. The number of carbonyl (C=O) groups excluding carboxylic acids is 1. The Morgan fingerprint density at radius 3 is 2.30 bits per heavy atom. The molecule has 0 amide bonds. The van der Waals surface area contributed by atoms with E-state index >= 15 is 0 Å². The minimum Gasteiger partial charge on any atom is -0.493 e. The average Bonchev–Trinajstić information content (AvgIpc) is 3.22. The molecule has 3 aliphatic rings. The van der Waals surface area contributed by atoms with Crippen LogP contribution in [0, 0.1) is 0 Å². The summed E-state index contributed by atoms with van der Waals surface area (Å²) in [6.45, 7) is 0.194. The van der Waals surface area contributed by atoms with Crippen molar-refractivity contribution in [1.82, 2.24) is 0 Å². The van der Waals surface area contributed by atoms with Gasteiger partial charge in [0.25, 0.3) is 0 Å². The number of Topliss-reactive ketones (excluding diaryl/α,β-unsaturated/α-hetero) is 1. The summed E-state index contributed by atoms with van der Waals surface area (Å²) < 4.78 is 27.8. The molecule has 2 heterocycles. The fourth-order valence-electron chi connectivity index (χ4n) is 4.57. The number of allylic oxidation sites excluding steroid dienone is 2. The van der Waals surface area contributed by atoms with Gasteiger partial charge < -0.3 is 29.0 Å². The number of anilines is 1. The standard InChI is InChI=1S/C23H23NO6/c1-26-19-7-12(8-20(27-2)23(19)28-3)21-13-9-17-18(30-11-29-17)10-15(13)24-14-5-4-6-16(25)22(14)21/h7-10,21,24H,4-6,11H2,1-3H3. The Bertz CT molecular complexity index is 1050. The van der Waals surface area contributed by atoms with Crippen molar-refractivity contribution >= 4 is 11.5 Å². The number of ketones is 1. The fourth-order valence-corrected chi connectivity index (χ4v) is 4.57. The number of nitrogens with one attached hydrogen (secondary N) is 1. The fraction of sp³-hybridized carbons (Fsp3) is 0.348. The van der Waals surface area contributed by atoms with Crippen molar-refractivity contribution in [3.63, 3.8) is 0 Å². The molecular formula is C23H23NO6. The first-order valence-corrected chi connectivity index (χ1v) is 9.91. The van der Waals surface area contributed by atoms with Gasteiger partial charge in [0.15, 0.2) is 28.8 Å². The molecule has 156 valence electrons. The van der Waals surface area contributed by atoms with Crippen LogP contribution in [0.5, 0.6) is 28.7 Å². The Morgan fingerprint density at radius 1 is 0.933 bits per heavy atom. The Labute approximate surface area is 174 Å². The van der Waals surface area contributed by atoms with E-state index in [0.29, 0.717) is 35.2 Å². The van der Waals surface area contributed by atoms with E-state index in [-0.39, 0.29) is 18.5 Å². The molecule has 0 bridgehead atoms. The Balaban J connectivity index is 1.75. The summed E-state index contributed by atoms with van der Waals surface area (Å²) in [5.41, 5.74) is 4.54. The molecule has 5 rings (SSSR count). The maximum absolute atomic E-state index is 13.0. The molecule has 0 aromatic heterocycles. The highest BCUT2D eigenvalue weighted by molar-refractivity contribution is 6.01. The zero-order valence-corrected chi connectivity index (χ0v) is 17.2. The molecule has 0 fully saturated rings. The van der Waals surface area contributed by atoms with Crippen LogP contribution in [0.1, 0.15) is 36.3 Å². The van der Waals surface area contributed by atoms with E-state index in [9.17, 15) is 4.79 Å². The van der Waals surface area contributed by atoms with Crippen molar-refractivity contribution in [3.8, 4) is 28.7 Å². The van der Waals surface area contributed by atoms with Crippen LogP contribution in [0.15, 0.2) is 35.5 Å². The summed E-state index contributed by atoms with van der Waals surface area (Å²) in [4.78, 5) is 13.0. The van der Waals surface area contributed by atoms with E-state index in [4.69, 9.17) is 23.7 Å². The second-order valence-electron chi connectivity index (χ2n) is 7.48. The van der Waals surface area contributed by atoms with Gasteiger partial charge in [-0.25, -0.2) is 0 Å². The minimum atomic E-state index is -0.271. The number of hydrogen-bond acceptors (Lipinski definition) is 7. The third kappa shape index (κ3) is 2.76. The second-order valence-corrected chi connectivity index (χ2v) is 7.48. The molecule has 0 saturated heterocycles. The predicted molar refractivity (Wildman–Crippen MR) is 110 cm³/mol. The summed E-state index contributed by atoms with van der Waals surface area (Å²) in [6, 6.07) is 7.74. The predicted octanol–water partition coefficient (Wildman–Crippen LogP) is 4.01. The van der Waals surface area contributed by atoms with E-state index in [1.807, 2.05) is 24.3 Å². The zero-order chi connectivity index (χ0) is 20.8. The normalized spacial score (nSPS) is 19.0. The summed E-state index contributed by atoms with van der Waals surface area (Å²) in [7, 11) is 4.75. The van der Waals surface area contributed by atoms with Crippen molar-refractivity contribution in [3.05, 3.63) is 46.7 Å². The van der Waals surface area contributed by atoms with Crippen molar-refractivity contribution in [2.75, 3.05) is 33.4 Å². The number of fused-ring (bicyclic) bond motifs is 2. The van der Waals surface area contributed by atoms with Gasteiger partial charge in [0, 0.05) is 35.4 Å². The van der Waals surface area contributed by atoms with Crippen LogP contribution in [0.25, 0.3) is 0 Å². The first-order valence-electron chi connectivity index (χ1n) is 9.91. The van der Waals surface area contributed by atoms with Crippen molar-refractivity contribution in [2.45, 2.75) is 25.2 Å². The van der Waals surface area contributed by atoms with Crippen LogP contribution in [-0.2, 0) is 4.79 Å². The first-order chi connectivity index (χ1) is 14.6. The molecule has 7 heteroatoms. The van der Waals surface area contributed by atoms with Crippen LogP contribution < -0.4 is 29.0 Å². The quantitative estimate of drug-likeness (QED) is 0.818. The Hall–Kier alpha value is -3.35. The summed E-state index contributed by atoms with van der Waals surface area (Å²) >= 11 is 0. The summed E-state index contributed by atoms with van der Waals surface area (Å²) in [6.07, 6.45) is 2.21. The molecule has 2 aromatic carbocycles. The number of rotatable bonds is 4. The van der Waals surface area contributed by atoms with Crippen LogP contribution in [0.3, 0.4) is 0 Å². The smallest absolute Gasteiger partial charge is 0.231 e. The van der Waals surface area contributed by atoms with Gasteiger partial charge in [-0.1, -0.05) is 0 Å². The highest BCUT2D eigenvalue weighted by Crippen LogP contribution is 2.51. The zero-order valence-electron chi connectivity index (χ0n) is 17.2. The molecule has 1 aliphatic carbocycles. The van der Waals surface area contributed by atoms with Crippen LogP contribution in [0.4, 0.5) is 5.69 Å². The molecule has 30 heavy (non-hydrogen) atoms. The average molecular weight is 409 g/mol. The largest absolute Gasteiger partial charge is 0.493 e. The molecule has 1 atom stereocenters. The highest BCUT2D eigenvalue weighted by Gasteiger charge is 2.37. The summed E-state index contributed by atoms with van der Waals surface area (Å²) in [5.74, 6) is 2.90. The Kier molecular flexibility index (Phi) is 4.46. The second kappa shape index (κ2) is 7.16. The molecule has 0 spiro atoms. The minimum absolute atomic E-state index is 0.158. The van der Waals surface area contributed by atoms with Gasteiger partial charge in [0.2, 0.25) is 12.5 Å². The molecule has 0 radical (unpaired) electrons. The lowest BCUT2D eigenvalue weighted by atomic mass is 9.75. The number of methoxy groups -OCH3 is 3. The monoisotopic (exact) mass is 409 g/mol. The lowest BCUT2D eigenvalue weighted by molar-refractivity contribution is -0.116. The van der Waals surface area contributed by atoms with Gasteiger partial charge in [-0.2, -0.15) is 0 Å². The van der Waals surface area contributed by atoms with Gasteiger partial charge in [-0.05, 0) is 42.2 Å².